The van der Waals surface area contributed by atoms with Crippen molar-refractivity contribution in [1.29, 1.82) is 0 Å². The standard InChI is InChI=1S/C24H30O4S/c1-17(16-21(25)28-24(3,4)5)23(26)27-18(2)22(19-12-8-6-9-13-19)29-20-14-10-7-11-15-20/h6-15,17-18,22H,16H2,1-5H3/t17-,18+,22+/m1/s1. The Morgan fingerprint density at radius 2 is 1.48 bits per heavy atom. The second kappa shape index (κ2) is 10.5. The summed E-state index contributed by atoms with van der Waals surface area (Å²) in [5.41, 5.74) is 0.514. The van der Waals surface area contributed by atoms with Crippen LogP contribution < -0.4 is 0 Å². The Morgan fingerprint density at radius 3 is 2.03 bits per heavy atom. The van der Waals surface area contributed by atoms with Crippen molar-refractivity contribution in [2.75, 3.05) is 0 Å². The molecule has 0 aromatic heterocycles. The van der Waals surface area contributed by atoms with E-state index in [2.05, 4.69) is 0 Å². The Labute approximate surface area is 178 Å². The first-order valence-corrected chi connectivity index (χ1v) is 10.7. The number of benzene rings is 2. The van der Waals surface area contributed by atoms with Gasteiger partial charge in [-0.25, -0.2) is 0 Å². The maximum absolute atomic E-state index is 12.6. The van der Waals surface area contributed by atoms with Gasteiger partial charge < -0.3 is 9.47 Å². The van der Waals surface area contributed by atoms with Crippen LogP contribution in [0.2, 0.25) is 0 Å². The van der Waals surface area contributed by atoms with Crippen molar-refractivity contribution < 1.29 is 19.1 Å². The van der Waals surface area contributed by atoms with Gasteiger partial charge in [0.25, 0.3) is 0 Å². The van der Waals surface area contributed by atoms with Crippen molar-refractivity contribution >= 4 is 23.7 Å². The Bertz CT molecular complexity index is 784. The van der Waals surface area contributed by atoms with Gasteiger partial charge in [0, 0.05) is 4.90 Å². The molecule has 2 aromatic carbocycles. The van der Waals surface area contributed by atoms with Crippen molar-refractivity contribution in [3.05, 3.63) is 66.2 Å². The summed E-state index contributed by atoms with van der Waals surface area (Å²) < 4.78 is 11.1. The highest BCUT2D eigenvalue weighted by Crippen LogP contribution is 2.39. The zero-order valence-electron chi connectivity index (χ0n) is 17.8. The number of rotatable bonds is 8. The van der Waals surface area contributed by atoms with Gasteiger partial charge in [-0.3, -0.25) is 9.59 Å². The van der Waals surface area contributed by atoms with E-state index >= 15 is 0 Å². The zero-order chi connectivity index (χ0) is 21.4. The van der Waals surface area contributed by atoms with Crippen LogP contribution in [0.5, 0.6) is 0 Å². The monoisotopic (exact) mass is 414 g/mol. The fourth-order valence-corrected chi connectivity index (χ4v) is 3.95. The van der Waals surface area contributed by atoms with E-state index in [9.17, 15) is 9.59 Å². The lowest BCUT2D eigenvalue weighted by molar-refractivity contribution is -0.163. The predicted octanol–water partition coefficient (Wildman–Crippen LogP) is 5.82. The van der Waals surface area contributed by atoms with Crippen LogP contribution in [-0.2, 0) is 19.1 Å². The summed E-state index contributed by atoms with van der Waals surface area (Å²) in [6, 6.07) is 20.0. The van der Waals surface area contributed by atoms with E-state index in [1.54, 1.807) is 39.5 Å². The van der Waals surface area contributed by atoms with Crippen molar-refractivity contribution in [3.63, 3.8) is 0 Å². The number of carbonyl (C=O) groups is 2. The molecular formula is C24H30O4S. The summed E-state index contributed by atoms with van der Waals surface area (Å²) in [5.74, 6) is -1.35. The van der Waals surface area contributed by atoms with Crippen LogP contribution in [0.1, 0.15) is 51.9 Å². The lowest BCUT2D eigenvalue weighted by Gasteiger charge is -2.26. The second-order valence-corrected chi connectivity index (χ2v) is 9.31. The third kappa shape index (κ3) is 7.94. The van der Waals surface area contributed by atoms with Crippen molar-refractivity contribution in [2.45, 2.75) is 62.9 Å². The SMILES string of the molecule is C[C@H](CC(=O)OC(C)(C)C)C(=O)O[C@@H](C)[C@H](Sc1ccccc1)c1ccccc1. The zero-order valence-corrected chi connectivity index (χ0v) is 18.6. The molecule has 0 spiro atoms. The highest BCUT2D eigenvalue weighted by Gasteiger charge is 2.28. The maximum atomic E-state index is 12.6. The molecule has 0 saturated heterocycles. The quantitative estimate of drug-likeness (QED) is 0.402. The normalized spacial score (nSPS) is 14.5. The Kier molecular flexibility index (Phi) is 8.32. The largest absolute Gasteiger partial charge is 0.461 e. The molecule has 4 nitrogen and oxygen atoms in total. The molecule has 0 aliphatic rings. The molecule has 5 heteroatoms. The molecule has 0 fully saturated rings. The Balaban J connectivity index is 2.05. The summed E-state index contributed by atoms with van der Waals surface area (Å²) in [6.45, 7) is 9.01. The molecule has 0 aliphatic carbocycles. The fourth-order valence-electron chi connectivity index (χ4n) is 2.80. The Hall–Kier alpha value is -2.27. The lowest BCUT2D eigenvalue weighted by Crippen LogP contribution is -2.29. The Morgan fingerprint density at radius 1 is 0.931 bits per heavy atom. The van der Waals surface area contributed by atoms with E-state index in [0.717, 1.165) is 10.5 Å². The van der Waals surface area contributed by atoms with Gasteiger partial charge in [0.05, 0.1) is 17.6 Å². The molecule has 0 radical (unpaired) electrons. The summed E-state index contributed by atoms with van der Waals surface area (Å²) in [5, 5.41) is -0.0590. The number of carbonyl (C=O) groups excluding carboxylic acids is 2. The lowest BCUT2D eigenvalue weighted by atomic mass is 10.1. The molecule has 0 saturated carbocycles. The molecule has 156 valence electrons. The predicted molar refractivity (Wildman–Crippen MR) is 117 cm³/mol. The van der Waals surface area contributed by atoms with E-state index in [1.165, 1.54) is 0 Å². The summed E-state index contributed by atoms with van der Waals surface area (Å²) in [7, 11) is 0. The van der Waals surface area contributed by atoms with Crippen LogP contribution in [0, 0.1) is 5.92 Å². The van der Waals surface area contributed by atoms with Crippen LogP contribution in [0.3, 0.4) is 0 Å². The summed E-state index contributed by atoms with van der Waals surface area (Å²) >= 11 is 1.66. The summed E-state index contributed by atoms with van der Waals surface area (Å²) in [4.78, 5) is 25.7. The van der Waals surface area contributed by atoms with Gasteiger partial charge in [0.2, 0.25) is 0 Å². The topological polar surface area (TPSA) is 52.6 Å². The molecule has 0 N–H and O–H groups in total. The van der Waals surface area contributed by atoms with Crippen LogP contribution >= 0.6 is 11.8 Å². The molecule has 3 atom stereocenters. The fraction of sp³-hybridized carbons (Fsp3) is 0.417. The van der Waals surface area contributed by atoms with Crippen LogP contribution in [0.25, 0.3) is 0 Å². The first-order valence-electron chi connectivity index (χ1n) is 9.84. The number of hydrogen-bond acceptors (Lipinski definition) is 5. The minimum absolute atomic E-state index is 0.00462. The maximum Gasteiger partial charge on any atom is 0.309 e. The van der Waals surface area contributed by atoms with E-state index < -0.39 is 23.5 Å². The molecule has 0 amide bonds. The van der Waals surface area contributed by atoms with Gasteiger partial charge >= 0.3 is 11.9 Å². The average Bonchev–Trinajstić information content (AvgIpc) is 2.65. The molecule has 29 heavy (non-hydrogen) atoms. The molecule has 2 rings (SSSR count). The molecular weight excluding hydrogens is 384 g/mol. The van der Waals surface area contributed by atoms with Crippen molar-refractivity contribution in [2.24, 2.45) is 5.92 Å². The van der Waals surface area contributed by atoms with Crippen LogP contribution in [0.15, 0.2) is 65.6 Å². The van der Waals surface area contributed by atoms with E-state index in [-0.39, 0.29) is 17.8 Å². The molecule has 0 aliphatic heterocycles. The third-order valence-corrected chi connectivity index (χ3v) is 5.61. The smallest absolute Gasteiger partial charge is 0.309 e. The first kappa shape index (κ1) is 23.0. The van der Waals surface area contributed by atoms with E-state index in [0.29, 0.717) is 0 Å². The number of ether oxygens (including phenoxy) is 2. The van der Waals surface area contributed by atoms with Gasteiger partial charge in [-0.15, -0.1) is 11.8 Å². The van der Waals surface area contributed by atoms with Crippen LogP contribution in [0.4, 0.5) is 0 Å². The number of esters is 2. The minimum atomic E-state index is -0.571. The number of thioether (sulfide) groups is 1. The average molecular weight is 415 g/mol. The van der Waals surface area contributed by atoms with E-state index in [1.807, 2.05) is 67.6 Å². The first-order chi connectivity index (χ1) is 13.7. The number of hydrogen-bond donors (Lipinski definition) is 0. The van der Waals surface area contributed by atoms with Gasteiger partial charge in [-0.2, -0.15) is 0 Å². The van der Waals surface area contributed by atoms with Gasteiger partial charge in [0.15, 0.2) is 0 Å². The van der Waals surface area contributed by atoms with Crippen LogP contribution in [-0.4, -0.2) is 23.6 Å². The van der Waals surface area contributed by atoms with Crippen molar-refractivity contribution in [3.8, 4) is 0 Å². The van der Waals surface area contributed by atoms with E-state index in [4.69, 9.17) is 9.47 Å². The molecule has 2 aromatic rings. The van der Waals surface area contributed by atoms with Gasteiger partial charge in [-0.05, 0) is 45.4 Å². The second-order valence-electron chi connectivity index (χ2n) is 8.10. The molecule has 0 bridgehead atoms. The third-order valence-electron chi connectivity index (χ3n) is 4.16. The molecule has 0 heterocycles. The van der Waals surface area contributed by atoms with Crippen molar-refractivity contribution in [1.82, 2.24) is 0 Å². The van der Waals surface area contributed by atoms with Gasteiger partial charge in [0.1, 0.15) is 11.7 Å². The minimum Gasteiger partial charge on any atom is -0.461 e. The highest BCUT2D eigenvalue weighted by molar-refractivity contribution is 7.99. The van der Waals surface area contributed by atoms with Gasteiger partial charge in [-0.1, -0.05) is 55.5 Å². The summed E-state index contributed by atoms with van der Waals surface area (Å²) in [6.07, 6.45) is -0.360. The molecule has 0 unspecified atom stereocenters. The highest BCUT2D eigenvalue weighted by atomic mass is 32.2.